The Morgan fingerprint density at radius 1 is 0.750 bits per heavy atom. The zero-order valence-corrected chi connectivity index (χ0v) is 11.4. The standard InChI is InChI=1S/C10H8N2.3ClH.Fe/c1-3-7-11-9(5-1)10-6-2-4-8-12-10;;;;/h1-8H;3*1H;/q;;;;+3/p-3. The van der Waals surface area contributed by atoms with Gasteiger partial charge < -0.3 is 0 Å². The van der Waals surface area contributed by atoms with E-state index in [1.165, 1.54) is 0 Å². The minimum absolute atomic E-state index is 0.915. The van der Waals surface area contributed by atoms with Gasteiger partial charge in [0.15, 0.2) is 0 Å². The van der Waals surface area contributed by atoms with Crippen LogP contribution in [0.4, 0.5) is 0 Å². The maximum absolute atomic E-state index is 4.89. The number of rotatable bonds is 1. The van der Waals surface area contributed by atoms with Crippen molar-refractivity contribution >= 4 is 30.3 Å². The molecular weight excluding hydrogens is 310 g/mol. The zero-order chi connectivity index (χ0) is 11.8. The molecule has 0 amide bonds. The topological polar surface area (TPSA) is 25.8 Å². The van der Waals surface area contributed by atoms with Gasteiger partial charge in [-0.05, 0) is 24.3 Å². The summed E-state index contributed by atoms with van der Waals surface area (Å²) in [4.78, 5) is 8.37. The summed E-state index contributed by atoms with van der Waals surface area (Å²) in [6.45, 7) is 0. The number of pyridine rings is 2. The Morgan fingerprint density at radius 2 is 1.12 bits per heavy atom. The summed E-state index contributed by atoms with van der Waals surface area (Å²) in [5.74, 6) is 0. The van der Waals surface area contributed by atoms with Crippen LogP contribution in [0, 0.1) is 0 Å². The maximum atomic E-state index is 4.89. The van der Waals surface area contributed by atoms with Crippen LogP contribution in [0.15, 0.2) is 48.8 Å². The molecule has 0 aliphatic carbocycles. The number of hydrogen-bond donors (Lipinski definition) is 0. The van der Waals surface area contributed by atoms with E-state index in [2.05, 4.69) is 9.97 Å². The molecule has 0 saturated heterocycles. The van der Waals surface area contributed by atoms with E-state index in [0.717, 1.165) is 11.4 Å². The summed E-state index contributed by atoms with van der Waals surface area (Å²) in [6.07, 6.45) is 3.54. The minimum atomic E-state index is -1.33. The molecule has 0 saturated carbocycles. The van der Waals surface area contributed by atoms with E-state index < -0.39 is 11.2 Å². The molecule has 0 spiro atoms. The van der Waals surface area contributed by atoms with Gasteiger partial charge in [0.1, 0.15) is 0 Å². The molecule has 0 fully saturated rings. The third-order valence-corrected chi connectivity index (χ3v) is 1.59. The molecule has 87 valence electrons. The van der Waals surface area contributed by atoms with Crippen LogP contribution in [0.25, 0.3) is 11.4 Å². The van der Waals surface area contributed by atoms with Crippen LogP contribution in [0.5, 0.6) is 0 Å². The molecule has 0 aromatic carbocycles. The molecule has 0 radical (unpaired) electrons. The summed E-state index contributed by atoms with van der Waals surface area (Å²) < 4.78 is 0. The first-order valence-electron chi connectivity index (χ1n) is 4.19. The second-order valence-corrected chi connectivity index (χ2v) is 8.05. The summed E-state index contributed by atoms with van der Waals surface area (Å²) in [5, 5.41) is 0. The van der Waals surface area contributed by atoms with Gasteiger partial charge in [-0.25, -0.2) is 0 Å². The molecule has 0 atom stereocenters. The molecule has 6 heteroatoms. The predicted molar refractivity (Wildman–Crippen MR) is 65.0 cm³/mol. The van der Waals surface area contributed by atoms with Crippen molar-refractivity contribution in [2.75, 3.05) is 0 Å². The second-order valence-electron chi connectivity index (χ2n) is 2.58. The SMILES string of the molecule is [Cl][Fe]([Cl])[Cl].c1ccc(-c2ccccn2)nc1. The molecule has 2 aromatic heterocycles. The van der Waals surface area contributed by atoms with E-state index in [1.807, 2.05) is 36.4 Å². The third-order valence-electron chi connectivity index (χ3n) is 1.59. The van der Waals surface area contributed by atoms with E-state index in [4.69, 9.17) is 30.3 Å². The van der Waals surface area contributed by atoms with E-state index in [1.54, 1.807) is 12.4 Å². The summed E-state index contributed by atoms with van der Waals surface area (Å²) in [5.41, 5.74) is 1.83. The Kier molecular flexibility index (Phi) is 6.77. The second kappa shape index (κ2) is 7.88. The fourth-order valence-electron chi connectivity index (χ4n) is 1.03. The van der Waals surface area contributed by atoms with Crippen LogP contribution in [-0.4, -0.2) is 9.97 Å². The predicted octanol–water partition coefficient (Wildman–Crippen LogP) is 4.21. The average molecular weight is 318 g/mol. The molecule has 16 heavy (non-hydrogen) atoms. The fraction of sp³-hybridized carbons (Fsp3) is 0. The smallest absolute Gasteiger partial charge is 0.0886 e. The molecule has 2 rings (SSSR count). The molecule has 2 nitrogen and oxygen atoms in total. The number of nitrogens with zero attached hydrogens (tertiary/aromatic N) is 2. The van der Waals surface area contributed by atoms with Crippen LogP contribution in [0.2, 0.25) is 0 Å². The van der Waals surface area contributed by atoms with Gasteiger partial charge in [-0.1, -0.05) is 12.1 Å². The molecule has 2 heterocycles. The van der Waals surface area contributed by atoms with E-state index in [-0.39, 0.29) is 0 Å². The zero-order valence-electron chi connectivity index (χ0n) is 8.00. The van der Waals surface area contributed by atoms with Crippen molar-refractivity contribution in [1.29, 1.82) is 0 Å². The van der Waals surface area contributed by atoms with Crippen LogP contribution in [-0.2, 0) is 11.2 Å². The van der Waals surface area contributed by atoms with Gasteiger partial charge in [-0.2, -0.15) is 0 Å². The van der Waals surface area contributed by atoms with Gasteiger partial charge in [-0.3, -0.25) is 9.97 Å². The van der Waals surface area contributed by atoms with Crippen LogP contribution >= 0.6 is 30.3 Å². The monoisotopic (exact) mass is 317 g/mol. The van der Waals surface area contributed by atoms with Crippen molar-refractivity contribution in [3.05, 3.63) is 48.8 Å². The molecule has 0 aliphatic rings. The summed E-state index contributed by atoms with van der Waals surface area (Å²) >= 11 is -1.33. The van der Waals surface area contributed by atoms with Crippen molar-refractivity contribution in [3.8, 4) is 11.4 Å². The quantitative estimate of drug-likeness (QED) is 0.736. The first-order chi connectivity index (χ1) is 7.70. The minimum Gasteiger partial charge on any atom is -0.255 e. The van der Waals surface area contributed by atoms with E-state index in [0.29, 0.717) is 0 Å². The van der Waals surface area contributed by atoms with Crippen LogP contribution in [0.3, 0.4) is 0 Å². The largest absolute Gasteiger partial charge is 0.255 e. The molecular formula is C10H8Cl3FeN2. The van der Waals surface area contributed by atoms with Crippen molar-refractivity contribution in [2.45, 2.75) is 0 Å². The summed E-state index contributed by atoms with van der Waals surface area (Å²) in [7, 11) is 14.7. The van der Waals surface area contributed by atoms with E-state index in [9.17, 15) is 0 Å². The Hall–Kier alpha value is -0.311. The Labute approximate surface area is 111 Å². The first kappa shape index (κ1) is 13.8. The number of aromatic nitrogens is 2. The number of hydrogen-bond acceptors (Lipinski definition) is 2. The Morgan fingerprint density at radius 3 is 1.38 bits per heavy atom. The first-order valence-corrected chi connectivity index (χ1v) is 8.75. The Balaban J connectivity index is 0.000000280. The molecule has 0 unspecified atom stereocenters. The van der Waals surface area contributed by atoms with Crippen molar-refractivity contribution in [2.24, 2.45) is 0 Å². The molecule has 2 aromatic rings. The Bertz CT molecular complexity index is 357. The maximum Gasteiger partial charge on any atom is 0.0886 e. The molecule has 0 N–H and O–H groups in total. The van der Waals surface area contributed by atoms with Crippen LogP contribution in [0.1, 0.15) is 0 Å². The van der Waals surface area contributed by atoms with Crippen molar-refractivity contribution in [1.82, 2.24) is 9.97 Å². The van der Waals surface area contributed by atoms with Crippen LogP contribution < -0.4 is 0 Å². The van der Waals surface area contributed by atoms with Gasteiger partial charge in [-0.15, -0.1) is 0 Å². The van der Waals surface area contributed by atoms with Gasteiger partial charge in [0, 0.05) is 12.4 Å². The molecule has 0 aliphatic heterocycles. The normalized spacial score (nSPS) is 10.1. The van der Waals surface area contributed by atoms with Gasteiger partial charge in [0.05, 0.1) is 11.4 Å². The van der Waals surface area contributed by atoms with E-state index >= 15 is 0 Å². The average Bonchev–Trinajstić information content (AvgIpc) is 2.31. The summed E-state index contributed by atoms with van der Waals surface area (Å²) in [6, 6.07) is 11.6. The van der Waals surface area contributed by atoms with Crippen molar-refractivity contribution in [3.63, 3.8) is 0 Å². The van der Waals surface area contributed by atoms with Gasteiger partial charge in [0.2, 0.25) is 0 Å². The third kappa shape index (κ3) is 5.69. The fourth-order valence-corrected chi connectivity index (χ4v) is 1.03. The van der Waals surface area contributed by atoms with Crippen molar-refractivity contribution < 1.29 is 11.2 Å². The molecule has 0 bridgehead atoms. The van der Waals surface area contributed by atoms with Gasteiger partial charge in [0.25, 0.3) is 0 Å². The van der Waals surface area contributed by atoms with Gasteiger partial charge >= 0.3 is 41.5 Å². The number of halogens is 3.